The van der Waals surface area contributed by atoms with Crippen LogP contribution in [0.2, 0.25) is 0 Å². The Labute approximate surface area is 136 Å². The van der Waals surface area contributed by atoms with Crippen molar-refractivity contribution in [2.75, 3.05) is 38.7 Å². The molecule has 0 bridgehead atoms. The first-order chi connectivity index (χ1) is 10.3. The average Bonchev–Trinajstić information content (AvgIpc) is 2.66. The van der Waals surface area contributed by atoms with Gasteiger partial charge < -0.3 is 15.2 Å². The Hall–Kier alpha value is -0.950. The summed E-state index contributed by atoms with van der Waals surface area (Å²) in [7, 11) is 1.87. The highest BCUT2D eigenvalue weighted by atomic mass is 32.1. The van der Waals surface area contributed by atoms with Gasteiger partial charge in [0, 0.05) is 37.5 Å². The molecule has 1 aliphatic rings. The van der Waals surface area contributed by atoms with E-state index in [-0.39, 0.29) is 12.5 Å². The van der Waals surface area contributed by atoms with Crippen LogP contribution in [0.15, 0.2) is 0 Å². The summed E-state index contributed by atoms with van der Waals surface area (Å²) < 4.78 is 5.28. The minimum Gasteiger partial charge on any atom is -0.388 e. The Morgan fingerprint density at radius 1 is 1.32 bits per heavy atom. The third-order valence-electron chi connectivity index (χ3n) is 4.34. The molecule has 0 aromatic carbocycles. The molecule has 124 valence electrons. The molecule has 2 heterocycles. The van der Waals surface area contributed by atoms with E-state index >= 15 is 0 Å². The largest absolute Gasteiger partial charge is 0.388 e. The van der Waals surface area contributed by atoms with Gasteiger partial charge in [-0.15, -0.1) is 11.3 Å². The number of aliphatic hydroxyl groups is 1. The minimum absolute atomic E-state index is 0.0393. The number of hydrogen-bond donors (Lipinski definition) is 2. The SMILES string of the molecule is Cc1sc(NC(=O)CN(C)CC2(O)CCOCC2)c(C)c1C. The molecule has 0 atom stereocenters. The summed E-state index contributed by atoms with van der Waals surface area (Å²) in [6.07, 6.45) is 1.25. The van der Waals surface area contributed by atoms with Gasteiger partial charge in [-0.05, 0) is 38.9 Å². The molecular formula is C16H26N2O3S. The quantitative estimate of drug-likeness (QED) is 0.870. The molecule has 0 radical (unpaired) electrons. The first-order valence-corrected chi connectivity index (χ1v) is 8.47. The maximum Gasteiger partial charge on any atom is 0.239 e. The standard InChI is InChI=1S/C16H26N2O3S/c1-11-12(2)15(22-13(11)3)17-14(19)9-18(4)10-16(20)5-7-21-8-6-16/h20H,5-10H2,1-4H3,(H,17,19). The van der Waals surface area contributed by atoms with E-state index in [4.69, 9.17) is 4.74 Å². The van der Waals surface area contributed by atoms with Crippen molar-refractivity contribution >= 4 is 22.2 Å². The van der Waals surface area contributed by atoms with Gasteiger partial charge in [-0.1, -0.05) is 0 Å². The first-order valence-electron chi connectivity index (χ1n) is 7.66. The Morgan fingerprint density at radius 2 is 1.95 bits per heavy atom. The number of thiophene rings is 1. The van der Waals surface area contributed by atoms with Gasteiger partial charge in [0.05, 0.1) is 17.1 Å². The molecule has 0 unspecified atom stereocenters. The Kier molecular flexibility index (Phi) is 5.60. The number of hydrogen-bond acceptors (Lipinski definition) is 5. The molecule has 22 heavy (non-hydrogen) atoms. The van der Waals surface area contributed by atoms with Crippen molar-refractivity contribution in [3.63, 3.8) is 0 Å². The van der Waals surface area contributed by atoms with Crippen molar-refractivity contribution in [3.05, 3.63) is 16.0 Å². The van der Waals surface area contributed by atoms with Crippen molar-refractivity contribution in [2.24, 2.45) is 0 Å². The summed E-state index contributed by atoms with van der Waals surface area (Å²) in [5.74, 6) is -0.0393. The van der Waals surface area contributed by atoms with E-state index in [1.54, 1.807) is 11.3 Å². The molecule has 6 heteroatoms. The normalized spacial score (nSPS) is 17.7. The van der Waals surface area contributed by atoms with E-state index in [1.807, 2.05) is 18.9 Å². The topological polar surface area (TPSA) is 61.8 Å². The summed E-state index contributed by atoms with van der Waals surface area (Å²) in [6, 6.07) is 0. The predicted octanol–water partition coefficient (Wildman–Crippen LogP) is 2.09. The molecule has 2 N–H and O–H groups in total. The van der Waals surface area contributed by atoms with E-state index < -0.39 is 5.60 Å². The van der Waals surface area contributed by atoms with Crippen LogP contribution in [0.25, 0.3) is 0 Å². The molecule has 0 saturated carbocycles. The maximum atomic E-state index is 12.2. The highest BCUT2D eigenvalue weighted by molar-refractivity contribution is 7.16. The molecule has 0 spiro atoms. The molecule has 1 aliphatic heterocycles. The second kappa shape index (κ2) is 7.08. The number of carbonyl (C=O) groups excluding carboxylic acids is 1. The fourth-order valence-corrected chi connectivity index (χ4v) is 3.82. The number of aryl methyl sites for hydroxylation is 1. The number of nitrogens with one attached hydrogen (secondary N) is 1. The van der Waals surface area contributed by atoms with Crippen molar-refractivity contribution in [3.8, 4) is 0 Å². The molecule has 5 nitrogen and oxygen atoms in total. The lowest BCUT2D eigenvalue weighted by molar-refractivity contribution is -0.118. The maximum absolute atomic E-state index is 12.2. The number of amides is 1. The molecule has 0 aliphatic carbocycles. The van der Waals surface area contributed by atoms with Gasteiger partial charge in [-0.25, -0.2) is 0 Å². The number of carbonyl (C=O) groups is 1. The lowest BCUT2D eigenvalue weighted by Crippen LogP contribution is -2.47. The monoisotopic (exact) mass is 326 g/mol. The van der Waals surface area contributed by atoms with E-state index in [2.05, 4.69) is 19.2 Å². The number of ether oxygens (including phenoxy) is 1. The minimum atomic E-state index is -0.737. The fourth-order valence-electron chi connectivity index (χ4n) is 2.74. The first kappa shape index (κ1) is 17.4. The van der Waals surface area contributed by atoms with Gasteiger partial charge in [0.1, 0.15) is 0 Å². The van der Waals surface area contributed by atoms with Gasteiger partial charge in [0.25, 0.3) is 0 Å². The lowest BCUT2D eigenvalue weighted by Gasteiger charge is -2.35. The van der Waals surface area contributed by atoms with Crippen LogP contribution in [0.3, 0.4) is 0 Å². The van der Waals surface area contributed by atoms with Gasteiger partial charge in [0.2, 0.25) is 5.91 Å². The molecule has 1 fully saturated rings. The van der Waals surface area contributed by atoms with Gasteiger partial charge >= 0.3 is 0 Å². The third-order valence-corrected chi connectivity index (χ3v) is 5.57. The summed E-state index contributed by atoms with van der Waals surface area (Å²) in [5, 5.41) is 14.4. The highest BCUT2D eigenvalue weighted by Gasteiger charge is 2.31. The third kappa shape index (κ3) is 4.29. The van der Waals surface area contributed by atoms with Crippen LogP contribution in [-0.4, -0.2) is 54.9 Å². The van der Waals surface area contributed by atoms with Crippen LogP contribution >= 0.6 is 11.3 Å². The van der Waals surface area contributed by atoms with E-state index in [0.29, 0.717) is 32.6 Å². The number of likely N-dealkylation sites (N-methyl/N-ethyl adjacent to an activating group) is 1. The van der Waals surface area contributed by atoms with Crippen molar-refractivity contribution < 1.29 is 14.6 Å². The van der Waals surface area contributed by atoms with Crippen LogP contribution in [0.5, 0.6) is 0 Å². The van der Waals surface area contributed by atoms with Crippen molar-refractivity contribution in [2.45, 2.75) is 39.2 Å². The number of rotatable bonds is 5. The molecule has 1 saturated heterocycles. The predicted molar refractivity (Wildman–Crippen MR) is 89.7 cm³/mol. The summed E-state index contributed by atoms with van der Waals surface area (Å²) in [5.41, 5.74) is 1.64. The fraction of sp³-hybridized carbons (Fsp3) is 0.688. The van der Waals surface area contributed by atoms with Crippen LogP contribution in [0.4, 0.5) is 5.00 Å². The zero-order valence-electron chi connectivity index (χ0n) is 13.9. The summed E-state index contributed by atoms with van der Waals surface area (Å²) in [6.45, 7) is 8.11. The van der Waals surface area contributed by atoms with E-state index in [9.17, 15) is 9.90 Å². The highest BCUT2D eigenvalue weighted by Crippen LogP contribution is 2.31. The van der Waals surface area contributed by atoms with Crippen LogP contribution in [0, 0.1) is 20.8 Å². The molecule has 2 rings (SSSR count). The van der Waals surface area contributed by atoms with Crippen molar-refractivity contribution in [1.29, 1.82) is 0 Å². The van der Waals surface area contributed by atoms with E-state index in [0.717, 1.165) is 10.6 Å². The van der Waals surface area contributed by atoms with Crippen LogP contribution in [-0.2, 0) is 9.53 Å². The second-order valence-corrected chi connectivity index (χ2v) is 7.52. The summed E-state index contributed by atoms with van der Waals surface area (Å²) >= 11 is 1.61. The smallest absolute Gasteiger partial charge is 0.239 e. The molecular weight excluding hydrogens is 300 g/mol. The Bertz CT molecular complexity index is 536. The van der Waals surface area contributed by atoms with E-state index in [1.165, 1.54) is 10.4 Å². The Morgan fingerprint density at radius 3 is 2.50 bits per heavy atom. The zero-order chi connectivity index (χ0) is 16.3. The number of anilines is 1. The second-order valence-electron chi connectivity index (χ2n) is 6.29. The zero-order valence-corrected chi connectivity index (χ0v) is 14.7. The molecule has 1 aromatic heterocycles. The molecule has 1 amide bonds. The summed E-state index contributed by atoms with van der Waals surface area (Å²) in [4.78, 5) is 15.3. The van der Waals surface area contributed by atoms with Crippen molar-refractivity contribution in [1.82, 2.24) is 4.90 Å². The lowest BCUT2D eigenvalue weighted by atomic mass is 9.94. The average molecular weight is 326 g/mol. The van der Waals surface area contributed by atoms with Gasteiger partial charge in [-0.2, -0.15) is 0 Å². The van der Waals surface area contributed by atoms with Gasteiger partial charge in [0.15, 0.2) is 0 Å². The Balaban J connectivity index is 1.87. The van der Waals surface area contributed by atoms with Crippen LogP contribution < -0.4 is 5.32 Å². The van der Waals surface area contributed by atoms with Gasteiger partial charge in [-0.3, -0.25) is 9.69 Å². The number of nitrogens with zero attached hydrogens (tertiary/aromatic N) is 1. The molecule has 1 aromatic rings. The van der Waals surface area contributed by atoms with Crippen LogP contribution in [0.1, 0.15) is 28.8 Å².